The number of benzene rings is 2. The van der Waals surface area contributed by atoms with Crippen LogP contribution in [0.15, 0.2) is 53.0 Å². The first-order valence-corrected chi connectivity index (χ1v) is 7.66. The lowest BCUT2D eigenvalue weighted by Gasteiger charge is -2.21. The first-order chi connectivity index (χ1) is 10.1. The molecule has 0 saturated heterocycles. The summed E-state index contributed by atoms with van der Waals surface area (Å²) in [5.74, 6) is -0.275. The summed E-state index contributed by atoms with van der Waals surface area (Å²) in [6, 6.07) is 15.0. The molecule has 0 saturated carbocycles. The third-order valence-corrected chi connectivity index (χ3v) is 3.89. The molecule has 0 amide bonds. The van der Waals surface area contributed by atoms with Crippen LogP contribution in [-0.4, -0.2) is 12.6 Å². The number of esters is 1. The zero-order valence-corrected chi connectivity index (χ0v) is 13.7. The second-order valence-corrected chi connectivity index (χ2v) is 5.52. The Bertz CT molecular complexity index is 628. The number of para-hydroxylation sites is 1. The molecule has 2 aromatic carbocycles. The van der Waals surface area contributed by atoms with E-state index in [1.165, 1.54) is 0 Å². The van der Waals surface area contributed by atoms with Gasteiger partial charge in [-0.3, -0.25) is 0 Å². The van der Waals surface area contributed by atoms with Crippen LogP contribution in [0.4, 0.5) is 5.69 Å². The molecule has 1 N–H and O–H groups in total. The number of carbonyl (C=O) groups excluding carboxylic acids is 1. The molecule has 0 spiro atoms. The Hall–Kier alpha value is -1.81. The predicted molar refractivity (Wildman–Crippen MR) is 88.3 cm³/mol. The van der Waals surface area contributed by atoms with E-state index in [9.17, 15) is 4.79 Å². The fourth-order valence-electron chi connectivity index (χ4n) is 2.13. The van der Waals surface area contributed by atoms with Crippen LogP contribution < -0.4 is 5.32 Å². The summed E-state index contributed by atoms with van der Waals surface area (Å²) in [5.41, 5.74) is 2.83. The van der Waals surface area contributed by atoms with Gasteiger partial charge in [-0.25, -0.2) is 4.79 Å². The smallest absolute Gasteiger partial charge is 0.333 e. The van der Waals surface area contributed by atoms with Gasteiger partial charge in [0.2, 0.25) is 0 Å². The van der Waals surface area contributed by atoms with Gasteiger partial charge in [0, 0.05) is 10.2 Å². The normalized spacial score (nSPS) is 11.8. The molecule has 0 aliphatic carbocycles. The average Bonchev–Trinajstić information content (AvgIpc) is 2.48. The van der Waals surface area contributed by atoms with Crippen molar-refractivity contribution >= 4 is 27.6 Å². The Labute approximate surface area is 133 Å². The summed E-state index contributed by atoms with van der Waals surface area (Å²) in [4.78, 5) is 12.3. The average molecular weight is 348 g/mol. The molecular weight excluding hydrogens is 330 g/mol. The van der Waals surface area contributed by atoms with Crippen molar-refractivity contribution < 1.29 is 9.53 Å². The highest BCUT2D eigenvalue weighted by atomic mass is 79.9. The van der Waals surface area contributed by atoms with E-state index in [1.807, 2.05) is 62.4 Å². The van der Waals surface area contributed by atoms with Crippen LogP contribution >= 0.6 is 15.9 Å². The summed E-state index contributed by atoms with van der Waals surface area (Å²) < 4.78 is 6.12. The van der Waals surface area contributed by atoms with Crippen LogP contribution in [0.3, 0.4) is 0 Å². The molecule has 2 rings (SSSR count). The van der Waals surface area contributed by atoms with E-state index in [-0.39, 0.29) is 5.97 Å². The molecule has 0 aliphatic heterocycles. The number of nitrogens with one attached hydrogen (secondary N) is 1. The molecule has 0 bridgehead atoms. The van der Waals surface area contributed by atoms with Crippen LogP contribution in [0.5, 0.6) is 0 Å². The predicted octanol–water partition coefficient (Wildman–Crippen LogP) is 4.47. The number of aryl methyl sites for hydroxylation is 1. The monoisotopic (exact) mass is 347 g/mol. The zero-order chi connectivity index (χ0) is 15.2. The Morgan fingerprint density at radius 2 is 1.86 bits per heavy atom. The minimum Gasteiger partial charge on any atom is -0.464 e. The highest BCUT2D eigenvalue weighted by Gasteiger charge is 2.23. The second kappa shape index (κ2) is 7.27. The maximum atomic E-state index is 12.3. The van der Waals surface area contributed by atoms with Crippen molar-refractivity contribution in [2.75, 3.05) is 11.9 Å². The minimum absolute atomic E-state index is 0.275. The van der Waals surface area contributed by atoms with Gasteiger partial charge in [0.25, 0.3) is 0 Å². The molecule has 3 nitrogen and oxygen atoms in total. The molecule has 2 aromatic rings. The zero-order valence-electron chi connectivity index (χ0n) is 12.1. The van der Waals surface area contributed by atoms with Gasteiger partial charge in [0.1, 0.15) is 0 Å². The van der Waals surface area contributed by atoms with Crippen molar-refractivity contribution in [3.05, 3.63) is 64.1 Å². The molecule has 0 aliphatic rings. The molecule has 1 unspecified atom stereocenters. The van der Waals surface area contributed by atoms with Gasteiger partial charge in [-0.1, -0.05) is 36.4 Å². The van der Waals surface area contributed by atoms with Crippen molar-refractivity contribution in [2.45, 2.75) is 19.9 Å². The lowest BCUT2D eigenvalue weighted by atomic mass is 10.0. The van der Waals surface area contributed by atoms with E-state index in [1.54, 1.807) is 0 Å². The lowest BCUT2D eigenvalue weighted by molar-refractivity contribution is -0.144. The summed E-state index contributed by atoms with van der Waals surface area (Å²) in [7, 11) is 0. The first kappa shape index (κ1) is 15.6. The van der Waals surface area contributed by atoms with Crippen molar-refractivity contribution in [1.29, 1.82) is 0 Å². The van der Waals surface area contributed by atoms with Crippen LogP contribution in [0.25, 0.3) is 0 Å². The molecule has 110 valence electrons. The number of carbonyl (C=O) groups is 1. The van der Waals surface area contributed by atoms with Crippen LogP contribution in [-0.2, 0) is 9.53 Å². The van der Waals surface area contributed by atoms with Crippen LogP contribution in [0, 0.1) is 6.92 Å². The molecule has 21 heavy (non-hydrogen) atoms. The number of rotatable bonds is 5. The third kappa shape index (κ3) is 3.85. The maximum Gasteiger partial charge on any atom is 0.333 e. The Morgan fingerprint density at radius 3 is 2.52 bits per heavy atom. The van der Waals surface area contributed by atoms with Gasteiger partial charge in [0.05, 0.1) is 6.61 Å². The maximum absolute atomic E-state index is 12.3. The summed E-state index contributed by atoms with van der Waals surface area (Å²) in [5, 5.41) is 3.27. The van der Waals surface area contributed by atoms with Gasteiger partial charge in [-0.15, -0.1) is 0 Å². The number of hydrogen-bond donors (Lipinski definition) is 1. The molecule has 1 atom stereocenters. The van der Waals surface area contributed by atoms with E-state index < -0.39 is 6.04 Å². The standard InChI is InChI=1S/C17H18BrNO2/c1-3-21-17(20)16(13-9-5-4-8-12(13)2)19-15-11-7-6-10-14(15)18/h4-11,16,19H,3H2,1-2H3. The van der Waals surface area contributed by atoms with Crippen LogP contribution in [0.2, 0.25) is 0 Å². The Morgan fingerprint density at radius 1 is 1.19 bits per heavy atom. The van der Waals surface area contributed by atoms with Crippen LogP contribution in [0.1, 0.15) is 24.1 Å². The van der Waals surface area contributed by atoms with Gasteiger partial charge in [0.15, 0.2) is 6.04 Å². The fourth-order valence-corrected chi connectivity index (χ4v) is 2.53. The molecular formula is C17H18BrNO2. The number of hydrogen-bond acceptors (Lipinski definition) is 3. The van der Waals surface area contributed by atoms with E-state index in [2.05, 4.69) is 21.2 Å². The second-order valence-electron chi connectivity index (χ2n) is 4.67. The Balaban J connectivity index is 2.36. The van der Waals surface area contributed by atoms with Crippen molar-refractivity contribution in [3.63, 3.8) is 0 Å². The summed E-state index contributed by atoms with van der Waals surface area (Å²) in [6.45, 7) is 4.16. The molecule has 0 fully saturated rings. The first-order valence-electron chi connectivity index (χ1n) is 6.86. The van der Waals surface area contributed by atoms with E-state index in [4.69, 9.17) is 4.74 Å². The SMILES string of the molecule is CCOC(=O)C(Nc1ccccc1Br)c1ccccc1C. The minimum atomic E-state index is -0.523. The van der Waals surface area contributed by atoms with E-state index >= 15 is 0 Å². The quantitative estimate of drug-likeness (QED) is 0.810. The molecule has 4 heteroatoms. The molecule has 0 aromatic heterocycles. The van der Waals surface area contributed by atoms with E-state index in [0.29, 0.717) is 6.61 Å². The highest BCUT2D eigenvalue weighted by Crippen LogP contribution is 2.28. The van der Waals surface area contributed by atoms with Gasteiger partial charge < -0.3 is 10.1 Å². The van der Waals surface area contributed by atoms with Gasteiger partial charge >= 0.3 is 5.97 Å². The number of anilines is 1. The van der Waals surface area contributed by atoms with Crippen molar-refractivity contribution in [1.82, 2.24) is 0 Å². The number of halogens is 1. The largest absolute Gasteiger partial charge is 0.464 e. The summed E-state index contributed by atoms with van der Waals surface area (Å²) >= 11 is 3.49. The number of ether oxygens (including phenoxy) is 1. The van der Waals surface area contributed by atoms with Gasteiger partial charge in [-0.05, 0) is 53.0 Å². The molecule has 0 heterocycles. The highest BCUT2D eigenvalue weighted by molar-refractivity contribution is 9.10. The third-order valence-electron chi connectivity index (χ3n) is 3.20. The fraction of sp³-hybridized carbons (Fsp3) is 0.235. The lowest BCUT2D eigenvalue weighted by Crippen LogP contribution is -2.24. The summed E-state index contributed by atoms with van der Waals surface area (Å²) in [6.07, 6.45) is 0. The topological polar surface area (TPSA) is 38.3 Å². The molecule has 0 radical (unpaired) electrons. The van der Waals surface area contributed by atoms with Crippen molar-refractivity contribution in [2.24, 2.45) is 0 Å². The van der Waals surface area contributed by atoms with E-state index in [0.717, 1.165) is 21.3 Å². The van der Waals surface area contributed by atoms with Gasteiger partial charge in [-0.2, -0.15) is 0 Å². The van der Waals surface area contributed by atoms with Crippen molar-refractivity contribution in [3.8, 4) is 0 Å². The Kier molecular flexibility index (Phi) is 5.39.